The number of ketones is 1. The summed E-state index contributed by atoms with van der Waals surface area (Å²) in [7, 11) is 0. The third-order valence-corrected chi connectivity index (χ3v) is 3.65. The van der Waals surface area contributed by atoms with Crippen LogP contribution in [0.3, 0.4) is 0 Å². The van der Waals surface area contributed by atoms with E-state index in [9.17, 15) is 4.79 Å². The Labute approximate surface area is 126 Å². The van der Waals surface area contributed by atoms with Gasteiger partial charge in [-0.15, -0.1) is 0 Å². The molecule has 2 aromatic rings. The summed E-state index contributed by atoms with van der Waals surface area (Å²) in [5, 5.41) is 0. The average Bonchev–Trinajstić information content (AvgIpc) is 2.50. The maximum atomic E-state index is 11.9. The lowest BCUT2D eigenvalue weighted by Gasteiger charge is -2.05. The molecule has 3 heteroatoms. The van der Waals surface area contributed by atoms with Gasteiger partial charge in [0.15, 0.2) is 0 Å². The highest BCUT2D eigenvalue weighted by Crippen LogP contribution is 2.15. The summed E-state index contributed by atoms with van der Waals surface area (Å²) in [6.45, 7) is 4.28. The van der Waals surface area contributed by atoms with Crippen LogP contribution in [0.1, 0.15) is 57.2 Å². The summed E-state index contributed by atoms with van der Waals surface area (Å²) in [4.78, 5) is 21.0. The van der Waals surface area contributed by atoms with Crippen LogP contribution in [0.15, 0.2) is 24.4 Å². The third kappa shape index (κ3) is 4.62. The van der Waals surface area contributed by atoms with E-state index in [0.717, 1.165) is 54.4 Å². The average molecular weight is 284 g/mol. The van der Waals surface area contributed by atoms with Crippen molar-refractivity contribution in [1.29, 1.82) is 0 Å². The van der Waals surface area contributed by atoms with Crippen molar-refractivity contribution in [1.82, 2.24) is 9.97 Å². The van der Waals surface area contributed by atoms with E-state index in [2.05, 4.69) is 23.8 Å². The molecule has 1 aromatic carbocycles. The van der Waals surface area contributed by atoms with Crippen molar-refractivity contribution in [2.75, 3.05) is 0 Å². The van der Waals surface area contributed by atoms with Crippen LogP contribution in [0.2, 0.25) is 0 Å². The second kappa shape index (κ2) is 7.87. The molecule has 0 aliphatic rings. The van der Waals surface area contributed by atoms with E-state index in [-0.39, 0.29) is 0 Å². The predicted octanol–water partition coefficient (Wildman–Crippen LogP) is 4.27. The quantitative estimate of drug-likeness (QED) is 0.727. The van der Waals surface area contributed by atoms with Crippen LogP contribution in [0.5, 0.6) is 0 Å². The maximum absolute atomic E-state index is 11.9. The Bertz CT molecular complexity index is 607. The summed E-state index contributed by atoms with van der Waals surface area (Å²) in [6.07, 6.45) is 8.36. The smallest absolute Gasteiger partial charge is 0.137 e. The molecule has 0 aliphatic heterocycles. The Morgan fingerprint density at radius 1 is 1.10 bits per heavy atom. The first-order chi connectivity index (χ1) is 10.2. The van der Waals surface area contributed by atoms with Crippen LogP contribution < -0.4 is 0 Å². The molecule has 112 valence electrons. The van der Waals surface area contributed by atoms with Crippen molar-refractivity contribution in [3.05, 3.63) is 35.7 Å². The number of nitrogens with zero attached hydrogens (tertiary/aromatic N) is 2. The van der Waals surface area contributed by atoms with Crippen molar-refractivity contribution in [3.63, 3.8) is 0 Å². The Morgan fingerprint density at radius 2 is 1.90 bits per heavy atom. The molecule has 1 heterocycles. The lowest BCUT2D eigenvalue weighted by molar-refractivity contribution is -0.118. The standard InChI is InChI=1S/C18H24N2O/c1-3-5-7-15-13-19-17-10-9-14(12-18(17)20-15)11-16(21)8-6-4-2/h9-10,12-13H,3-8,11H2,1-2H3. The predicted molar refractivity (Wildman–Crippen MR) is 86.4 cm³/mol. The van der Waals surface area contributed by atoms with Gasteiger partial charge in [-0.3, -0.25) is 9.78 Å². The minimum absolute atomic E-state index is 0.311. The zero-order valence-electron chi connectivity index (χ0n) is 13.1. The first-order valence-corrected chi connectivity index (χ1v) is 7.99. The molecule has 0 atom stereocenters. The third-order valence-electron chi connectivity index (χ3n) is 3.65. The largest absolute Gasteiger partial charge is 0.299 e. The molecule has 1 aromatic heterocycles. The molecule has 0 aliphatic carbocycles. The minimum Gasteiger partial charge on any atom is -0.299 e. The molecular weight excluding hydrogens is 260 g/mol. The molecular formula is C18H24N2O. The van der Waals surface area contributed by atoms with E-state index in [0.29, 0.717) is 18.6 Å². The molecule has 0 unspecified atom stereocenters. The molecule has 0 amide bonds. The van der Waals surface area contributed by atoms with Crippen LogP contribution in [-0.2, 0) is 17.6 Å². The fourth-order valence-electron chi connectivity index (χ4n) is 2.37. The minimum atomic E-state index is 0.311. The monoisotopic (exact) mass is 284 g/mol. The van der Waals surface area contributed by atoms with Crippen molar-refractivity contribution < 1.29 is 4.79 Å². The topological polar surface area (TPSA) is 42.9 Å². The second-order valence-corrected chi connectivity index (χ2v) is 5.61. The van der Waals surface area contributed by atoms with Gasteiger partial charge >= 0.3 is 0 Å². The van der Waals surface area contributed by atoms with Crippen molar-refractivity contribution in [3.8, 4) is 0 Å². The Balaban J connectivity index is 2.13. The summed E-state index contributed by atoms with van der Waals surface area (Å²) in [5.41, 5.74) is 3.90. The van der Waals surface area contributed by atoms with E-state index >= 15 is 0 Å². The number of hydrogen-bond donors (Lipinski definition) is 0. The highest BCUT2D eigenvalue weighted by atomic mass is 16.1. The van der Waals surface area contributed by atoms with Gasteiger partial charge in [-0.2, -0.15) is 0 Å². The van der Waals surface area contributed by atoms with Crippen LogP contribution in [0, 0.1) is 0 Å². The first-order valence-electron chi connectivity index (χ1n) is 7.99. The molecule has 0 radical (unpaired) electrons. The molecule has 0 bridgehead atoms. The fraction of sp³-hybridized carbons (Fsp3) is 0.500. The number of aryl methyl sites for hydroxylation is 1. The lowest BCUT2D eigenvalue weighted by Crippen LogP contribution is -2.02. The number of carbonyl (C=O) groups is 1. The van der Waals surface area contributed by atoms with Gasteiger partial charge in [0.05, 0.1) is 16.7 Å². The number of aromatic nitrogens is 2. The van der Waals surface area contributed by atoms with Crippen LogP contribution in [0.25, 0.3) is 11.0 Å². The number of fused-ring (bicyclic) bond motifs is 1. The van der Waals surface area contributed by atoms with Gasteiger partial charge in [-0.25, -0.2) is 4.98 Å². The zero-order chi connectivity index (χ0) is 15.1. The number of carbonyl (C=O) groups excluding carboxylic acids is 1. The van der Waals surface area contributed by atoms with Crippen molar-refractivity contribution >= 4 is 16.8 Å². The second-order valence-electron chi connectivity index (χ2n) is 5.61. The summed E-state index contributed by atoms with van der Waals surface area (Å²) in [5.74, 6) is 0.311. The highest BCUT2D eigenvalue weighted by molar-refractivity contribution is 5.83. The maximum Gasteiger partial charge on any atom is 0.137 e. The van der Waals surface area contributed by atoms with Crippen LogP contribution in [0.4, 0.5) is 0 Å². The molecule has 0 saturated heterocycles. The van der Waals surface area contributed by atoms with E-state index in [1.54, 1.807) is 0 Å². The highest BCUT2D eigenvalue weighted by Gasteiger charge is 2.06. The van der Waals surface area contributed by atoms with E-state index < -0.39 is 0 Å². The number of benzene rings is 1. The van der Waals surface area contributed by atoms with Crippen molar-refractivity contribution in [2.24, 2.45) is 0 Å². The van der Waals surface area contributed by atoms with Gasteiger partial charge in [0.2, 0.25) is 0 Å². The summed E-state index contributed by atoms with van der Waals surface area (Å²) >= 11 is 0. The number of unbranched alkanes of at least 4 members (excludes halogenated alkanes) is 2. The lowest BCUT2D eigenvalue weighted by atomic mass is 10.0. The van der Waals surface area contributed by atoms with Gasteiger partial charge in [-0.05, 0) is 37.0 Å². The zero-order valence-corrected chi connectivity index (χ0v) is 13.1. The SMILES string of the molecule is CCCCC(=O)Cc1ccc2ncc(CCCC)nc2c1. The summed E-state index contributed by atoms with van der Waals surface area (Å²) in [6, 6.07) is 5.97. The normalized spacial score (nSPS) is 11.0. The first kappa shape index (κ1) is 15.6. The van der Waals surface area contributed by atoms with E-state index in [4.69, 9.17) is 0 Å². The van der Waals surface area contributed by atoms with E-state index in [1.807, 2.05) is 24.4 Å². The van der Waals surface area contributed by atoms with Gasteiger partial charge < -0.3 is 0 Å². The Kier molecular flexibility index (Phi) is 5.85. The van der Waals surface area contributed by atoms with Gasteiger partial charge in [-0.1, -0.05) is 32.8 Å². The van der Waals surface area contributed by atoms with Gasteiger partial charge in [0, 0.05) is 19.0 Å². The number of hydrogen-bond acceptors (Lipinski definition) is 3. The van der Waals surface area contributed by atoms with Gasteiger partial charge in [0.25, 0.3) is 0 Å². The fourth-order valence-corrected chi connectivity index (χ4v) is 2.37. The molecule has 0 spiro atoms. The molecule has 2 rings (SSSR count). The molecule has 3 nitrogen and oxygen atoms in total. The van der Waals surface area contributed by atoms with E-state index in [1.165, 1.54) is 0 Å². The van der Waals surface area contributed by atoms with Crippen LogP contribution in [-0.4, -0.2) is 15.8 Å². The molecule has 21 heavy (non-hydrogen) atoms. The number of rotatable bonds is 8. The van der Waals surface area contributed by atoms with Crippen molar-refractivity contribution in [2.45, 2.75) is 58.8 Å². The Morgan fingerprint density at radius 3 is 2.67 bits per heavy atom. The molecule has 0 N–H and O–H groups in total. The number of Topliss-reactive ketones (excluding diaryl/α,β-unsaturated/α-hetero) is 1. The molecule has 0 saturated carbocycles. The summed E-state index contributed by atoms with van der Waals surface area (Å²) < 4.78 is 0. The van der Waals surface area contributed by atoms with Gasteiger partial charge in [0.1, 0.15) is 5.78 Å². The Hall–Kier alpha value is -1.77. The van der Waals surface area contributed by atoms with Crippen LogP contribution >= 0.6 is 0 Å². The molecule has 0 fully saturated rings.